The first kappa shape index (κ1) is 24.4. The number of cyclic esters (lactones) is 1. The lowest BCUT2D eigenvalue weighted by molar-refractivity contribution is -0.991. The Bertz CT molecular complexity index is 999. The molecule has 0 spiro atoms. The van der Waals surface area contributed by atoms with E-state index in [-0.39, 0.29) is 35.5 Å². The van der Waals surface area contributed by atoms with E-state index in [4.69, 9.17) is 14.7 Å². The summed E-state index contributed by atoms with van der Waals surface area (Å²) in [6.07, 6.45) is 6.82. The number of phenolic OH excluding ortho intramolecular Hbond substituents is 1. The number of esters is 1. The normalized spacial score (nSPS) is 18.7. The fourth-order valence-electron chi connectivity index (χ4n) is 3.61. The number of carbonyl (C=O) groups excluding carboxylic acids is 2. The van der Waals surface area contributed by atoms with E-state index < -0.39 is 11.2 Å². The topological polar surface area (TPSA) is 121 Å². The van der Waals surface area contributed by atoms with E-state index in [1.54, 1.807) is 31.2 Å². The van der Waals surface area contributed by atoms with Crippen LogP contribution in [0.15, 0.2) is 42.5 Å². The van der Waals surface area contributed by atoms with Crippen LogP contribution < -0.4 is 9.96 Å². The Morgan fingerprint density at radius 2 is 1.88 bits per heavy atom. The van der Waals surface area contributed by atoms with Gasteiger partial charge in [-0.1, -0.05) is 12.2 Å². The molecule has 0 bridgehead atoms. The molecule has 2 aromatic rings. The van der Waals surface area contributed by atoms with Crippen LogP contribution in [0.2, 0.25) is 0 Å². The minimum absolute atomic E-state index is 0.0735. The predicted octanol–water partition coefficient (Wildman–Crippen LogP) is 3.86. The van der Waals surface area contributed by atoms with Crippen LogP contribution in [0.5, 0.6) is 11.5 Å². The largest absolute Gasteiger partial charge is 0.595 e. The number of rotatable bonds is 4. The van der Waals surface area contributed by atoms with Gasteiger partial charge in [-0.05, 0) is 61.9 Å². The molecular formula is C25H29NO7. The minimum atomic E-state index is -1.00. The number of quaternary nitrogens is 1. The second-order valence-electron chi connectivity index (χ2n) is 8.14. The van der Waals surface area contributed by atoms with Crippen molar-refractivity contribution >= 4 is 23.5 Å². The predicted molar refractivity (Wildman–Crippen MR) is 121 cm³/mol. The van der Waals surface area contributed by atoms with Crippen molar-refractivity contribution in [3.05, 3.63) is 64.4 Å². The molecule has 0 amide bonds. The minimum Gasteiger partial charge on any atom is -0.595 e. The molecule has 0 saturated carbocycles. The van der Waals surface area contributed by atoms with Crippen molar-refractivity contribution in [2.75, 3.05) is 0 Å². The lowest BCUT2D eigenvalue weighted by Gasteiger charge is -2.17. The lowest BCUT2D eigenvalue weighted by Crippen LogP contribution is -2.99. The van der Waals surface area contributed by atoms with Crippen molar-refractivity contribution in [2.45, 2.75) is 58.2 Å². The van der Waals surface area contributed by atoms with Gasteiger partial charge in [-0.3, -0.25) is 4.79 Å². The van der Waals surface area contributed by atoms with Crippen LogP contribution in [0.1, 0.15) is 66.9 Å². The number of hydrogen-bond acceptors (Lipinski definition) is 7. The summed E-state index contributed by atoms with van der Waals surface area (Å²) in [4.78, 5) is 24.7. The highest BCUT2D eigenvalue weighted by Crippen LogP contribution is 2.31. The van der Waals surface area contributed by atoms with Gasteiger partial charge in [0.15, 0.2) is 5.69 Å². The molecule has 0 radical (unpaired) electrons. The molecule has 1 heterocycles. The van der Waals surface area contributed by atoms with Crippen LogP contribution in [0.4, 0.5) is 5.69 Å². The van der Waals surface area contributed by atoms with Crippen LogP contribution in [0.3, 0.4) is 0 Å². The molecule has 2 aromatic carbocycles. The number of fused-ring (bicyclic) bond motifs is 1. The van der Waals surface area contributed by atoms with E-state index in [0.29, 0.717) is 43.4 Å². The van der Waals surface area contributed by atoms with Gasteiger partial charge < -0.3 is 19.8 Å². The highest BCUT2D eigenvalue weighted by atomic mass is 16.8. The van der Waals surface area contributed by atoms with Crippen molar-refractivity contribution in [3.8, 4) is 11.5 Å². The zero-order valence-corrected chi connectivity index (χ0v) is 18.6. The summed E-state index contributed by atoms with van der Waals surface area (Å²) >= 11 is 0. The first-order chi connectivity index (χ1) is 15.8. The second-order valence-corrected chi connectivity index (χ2v) is 8.14. The number of phenols is 1. The van der Waals surface area contributed by atoms with Crippen LogP contribution in [0.25, 0.3) is 6.08 Å². The monoisotopic (exact) mass is 455 g/mol. The molecule has 2 atom stereocenters. The summed E-state index contributed by atoms with van der Waals surface area (Å²) < 4.78 is 11.3. The summed E-state index contributed by atoms with van der Waals surface area (Å²) in [6.45, 7) is 1.93. The SMILES string of the molecule is CC1CCCC(=O)CCCC=Cc2cc(OCc3ccc([NH+]([O-])O)cc3)cc(O)c2C(=O)O1. The van der Waals surface area contributed by atoms with Gasteiger partial charge in [0.05, 0.1) is 6.10 Å². The number of hydrogen-bond donors (Lipinski definition) is 3. The number of benzene rings is 2. The van der Waals surface area contributed by atoms with E-state index in [0.717, 1.165) is 12.0 Å². The highest BCUT2D eigenvalue weighted by Gasteiger charge is 2.21. The lowest BCUT2D eigenvalue weighted by atomic mass is 10.0. The Labute approximate surface area is 192 Å². The number of ether oxygens (including phenoxy) is 2. The molecule has 0 aromatic heterocycles. The third-order valence-corrected chi connectivity index (χ3v) is 5.43. The first-order valence-corrected chi connectivity index (χ1v) is 11.0. The molecule has 0 fully saturated rings. The zero-order chi connectivity index (χ0) is 23.8. The zero-order valence-electron chi connectivity index (χ0n) is 18.6. The number of Topliss-reactive ketones (excluding diaryl/α,β-unsaturated/α-hetero) is 1. The Morgan fingerprint density at radius 3 is 2.61 bits per heavy atom. The summed E-state index contributed by atoms with van der Waals surface area (Å²) in [7, 11) is 0. The molecule has 0 saturated heterocycles. The average molecular weight is 456 g/mol. The maximum absolute atomic E-state index is 12.8. The highest BCUT2D eigenvalue weighted by molar-refractivity contribution is 5.97. The van der Waals surface area contributed by atoms with E-state index >= 15 is 0 Å². The number of ketones is 1. The number of nitrogens with one attached hydrogen (secondary N) is 1. The molecule has 3 rings (SSSR count). The Hall–Kier alpha value is -3.20. The van der Waals surface area contributed by atoms with Gasteiger partial charge in [0.1, 0.15) is 29.5 Å². The van der Waals surface area contributed by atoms with Crippen LogP contribution in [-0.2, 0) is 16.1 Å². The Morgan fingerprint density at radius 1 is 1.15 bits per heavy atom. The van der Waals surface area contributed by atoms with E-state index in [1.165, 1.54) is 18.2 Å². The smallest absolute Gasteiger partial charge is 0.342 e. The maximum atomic E-state index is 12.8. The second kappa shape index (κ2) is 11.6. The van der Waals surface area contributed by atoms with Gasteiger partial charge in [0.25, 0.3) is 0 Å². The fraction of sp³-hybridized carbons (Fsp3) is 0.360. The molecule has 2 unspecified atom stereocenters. The molecule has 33 heavy (non-hydrogen) atoms. The van der Waals surface area contributed by atoms with Gasteiger partial charge in [-0.15, -0.1) is 0 Å². The molecular weight excluding hydrogens is 426 g/mol. The van der Waals surface area contributed by atoms with Crippen LogP contribution in [-0.4, -0.2) is 28.2 Å². The molecule has 1 aliphatic rings. The Balaban J connectivity index is 1.81. The third kappa shape index (κ3) is 7.15. The van der Waals surface area contributed by atoms with Gasteiger partial charge in [-0.2, -0.15) is 5.23 Å². The van der Waals surface area contributed by atoms with E-state index in [2.05, 4.69) is 0 Å². The van der Waals surface area contributed by atoms with Crippen molar-refractivity contribution < 1.29 is 34.6 Å². The Kier molecular flexibility index (Phi) is 8.59. The number of allylic oxidation sites excluding steroid dienone is 1. The van der Waals surface area contributed by atoms with Crippen molar-refractivity contribution in [1.29, 1.82) is 0 Å². The van der Waals surface area contributed by atoms with Crippen molar-refractivity contribution in [3.63, 3.8) is 0 Å². The summed E-state index contributed by atoms with van der Waals surface area (Å²) in [5.74, 6) is -0.300. The fourth-order valence-corrected chi connectivity index (χ4v) is 3.61. The van der Waals surface area contributed by atoms with E-state index in [1.807, 2.05) is 6.08 Å². The molecule has 3 N–H and O–H groups in total. The van der Waals surface area contributed by atoms with E-state index in [9.17, 15) is 19.9 Å². The summed E-state index contributed by atoms with van der Waals surface area (Å²) in [5, 5.41) is 29.6. The summed E-state index contributed by atoms with van der Waals surface area (Å²) in [6, 6.07) is 9.32. The maximum Gasteiger partial charge on any atom is 0.342 e. The van der Waals surface area contributed by atoms with Gasteiger partial charge in [-0.25, -0.2) is 10.0 Å². The van der Waals surface area contributed by atoms with Gasteiger partial charge in [0.2, 0.25) is 0 Å². The van der Waals surface area contributed by atoms with Gasteiger partial charge in [0, 0.05) is 31.0 Å². The molecule has 0 aliphatic carbocycles. The van der Waals surface area contributed by atoms with Crippen molar-refractivity contribution in [2.24, 2.45) is 0 Å². The molecule has 8 heteroatoms. The first-order valence-electron chi connectivity index (χ1n) is 11.0. The number of carbonyl (C=O) groups is 2. The van der Waals surface area contributed by atoms with Gasteiger partial charge >= 0.3 is 5.97 Å². The summed E-state index contributed by atoms with van der Waals surface area (Å²) in [5.41, 5.74) is 1.48. The number of aromatic hydroxyl groups is 1. The quantitative estimate of drug-likeness (QED) is 0.473. The van der Waals surface area contributed by atoms with Crippen LogP contribution >= 0.6 is 0 Å². The third-order valence-electron chi connectivity index (χ3n) is 5.43. The molecule has 176 valence electrons. The van der Waals surface area contributed by atoms with Crippen molar-refractivity contribution in [1.82, 2.24) is 0 Å². The standard InChI is InChI=1S/C25H29NO7/c1-17-6-5-9-21(27)8-4-2-3-7-19-14-22(15-23(28)24(19)25(29)33-17)32-16-18-10-12-20(13-11-18)26(30)31/h3,7,10-15,17,26,28,30H,2,4-6,8-9,16H2,1H3. The molecule has 8 nitrogen and oxygen atoms in total. The molecule has 1 aliphatic heterocycles. The van der Waals surface area contributed by atoms with Crippen LogP contribution in [0, 0.1) is 5.21 Å². The average Bonchev–Trinajstić information content (AvgIpc) is 2.76.